The molecule has 8 heteroatoms. The van der Waals surface area contributed by atoms with Crippen LogP contribution in [0.5, 0.6) is 0 Å². The fourth-order valence-corrected chi connectivity index (χ4v) is 4.40. The number of hydrogen-bond donors (Lipinski definition) is 0. The molecular weight excluding hydrogens is 356 g/mol. The van der Waals surface area contributed by atoms with Crippen LogP contribution in [-0.2, 0) is 18.4 Å². The first-order valence-electron chi connectivity index (χ1n) is 9.78. The molecule has 8 nitrogen and oxygen atoms in total. The van der Waals surface area contributed by atoms with Gasteiger partial charge in [-0.1, -0.05) is 0 Å². The van der Waals surface area contributed by atoms with Crippen LogP contribution in [0.3, 0.4) is 0 Å². The standard InChI is InChI=1S/C20H26N6O2/c1-15-10-22-16(11-21-15)12-26-14-20(7-4-18(26)27)6-3-9-25(13-20)19(28)17-5-8-23-24(17)2/h5,8,10-11H,3-4,6-7,9,12-14H2,1-2H3. The Labute approximate surface area is 164 Å². The third kappa shape index (κ3) is 3.63. The minimum absolute atomic E-state index is 0.0203. The molecule has 148 valence electrons. The quantitative estimate of drug-likeness (QED) is 0.804. The van der Waals surface area contributed by atoms with Crippen LogP contribution in [0, 0.1) is 12.3 Å². The second kappa shape index (κ2) is 7.33. The van der Waals surface area contributed by atoms with E-state index in [0.29, 0.717) is 31.7 Å². The Kier molecular flexibility index (Phi) is 4.87. The molecule has 2 aromatic heterocycles. The van der Waals surface area contributed by atoms with Crippen LogP contribution in [0.1, 0.15) is 47.6 Å². The van der Waals surface area contributed by atoms with Crippen LogP contribution in [0.2, 0.25) is 0 Å². The summed E-state index contributed by atoms with van der Waals surface area (Å²) in [6, 6.07) is 1.76. The molecule has 2 aliphatic heterocycles. The Morgan fingerprint density at radius 3 is 2.79 bits per heavy atom. The van der Waals surface area contributed by atoms with Crippen LogP contribution in [0.25, 0.3) is 0 Å². The van der Waals surface area contributed by atoms with Gasteiger partial charge in [0.2, 0.25) is 5.91 Å². The van der Waals surface area contributed by atoms with Gasteiger partial charge in [0, 0.05) is 50.9 Å². The molecule has 1 unspecified atom stereocenters. The highest BCUT2D eigenvalue weighted by molar-refractivity contribution is 5.92. The van der Waals surface area contributed by atoms with E-state index in [2.05, 4.69) is 15.1 Å². The van der Waals surface area contributed by atoms with Gasteiger partial charge in [-0.3, -0.25) is 24.2 Å². The molecule has 1 atom stereocenters. The second-order valence-corrected chi connectivity index (χ2v) is 8.07. The fraction of sp³-hybridized carbons (Fsp3) is 0.550. The van der Waals surface area contributed by atoms with Gasteiger partial charge in [0.05, 0.1) is 24.1 Å². The normalized spacial score (nSPS) is 22.7. The zero-order valence-electron chi connectivity index (χ0n) is 16.5. The number of likely N-dealkylation sites (tertiary alicyclic amines) is 2. The minimum Gasteiger partial charge on any atom is -0.337 e. The monoisotopic (exact) mass is 382 g/mol. The summed E-state index contributed by atoms with van der Waals surface area (Å²) < 4.78 is 1.62. The van der Waals surface area contributed by atoms with Gasteiger partial charge in [-0.2, -0.15) is 5.10 Å². The Morgan fingerprint density at radius 1 is 1.21 bits per heavy atom. The van der Waals surface area contributed by atoms with E-state index in [1.54, 1.807) is 36.4 Å². The molecule has 0 aliphatic carbocycles. The highest BCUT2D eigenvalue weighted by atomic mass is 16.2. The Bertz CT molecular complexity index is 877. The van der Waals surface area contributed by atoms with E-state index in [1.807, 2.05) is 16.7 Å². The molecule has 0 saturated carbocycles. The average Bonchev–Trinajstić information content (AvgIpc) is 3.12. The lowest BCUT2D eigenvalue weighted by Crippen LogP contribution is -2.55. The molecule has 2 aliphatic rings. The van der Waals surface area contributed by atoms with Crippen LogP contribution in [0.4, 0.5) is 0 Å². The molecule has 0 radical (unpaired) electrons. The summed E-state index contributed by atoms with van der Waals surface area (Å²) in [5.41, 5.74) is 2.23. The molecule has 1 spiro atoms. The van der Waals surface area contributed by atoms with E-state index in [4.69, 9.17) is 0 Å². The molecule has 4 rings (SSSR count). The Morgan fingerprint density at radius 2 is 2.07 bits per heavy atom. The third-order valence-electron chi connectivity index (χ3n) is 5.92. The Hall–Kier alpha value is -2.77. The lowest BCUT2D eigenvalue weighted by atomic mass is 9.73. The predicted octanol–water partition coefficient (Wildman–Crippen LogP) is 1.56. The number of aromatic nitrogens is 4. The molecule has 4 heterocycles. The van der Waals surface area contributed by atoms with Crippen molar-refractivity contribution in [1.82, 2.24) is 29.5 Å². The summed E-state index contributed by atoms with van der Waals surface area (Å²) >= 11 is 0. The summed E-state index contributed by atoms with van der Waals surface area (Å²) in [4.78, 5) is 38.0. The number of carbonyl (C=O) groups excluding carboxylic acids is 2. The van der Waals surface area contributed by atoms with Crippen molar-refractivity contribution in [2.24, 2.45) is 12.5 Å². The van der Waals surface area contributed by atoms with Gasteiger partial charge < -0.3 is 9.80 Å². The molecule has 28 heavy (non-hydrogen) atoms. The summed E-state index contributed by atoms with van der Waals surface area (Å²) in [5, 5.41) is 4.11. The first kappa shape index (κ1) is 18.6. The van der Waals surface area contributed by atoms with Gasteiger partial charge in [0.1, 0.15) is 5.69 Å². The van der Waals surface area contributed by atoms with Crippen molar-refractivity contribution in [3.63, 3.8) is 0 Å². The summed E-state index contributed by atoms with van der Waals surface area (Å²) in [6.07, 6.45) is 8.46. The lowest BCUT2D eigenvalue weighted by Gasteiger charge is -2.48. The molecule has 2 saturated heterocycles. The summed E-state index contributed by atoms with van der Waals surface area (Å²) in [5.74, 6) is 0.176. The molecule has 2 aromatic rings. The molecule has 0 N–H and O–H groups in total. The average molecular weight is 382 g/mol. The van der Waals surface area contributed by atoms with Crippen LogP contribution >= 0.6 is 0 Å². The number of rotatable bonds is 3. The lowest BCUT2D eigenvalue weighted by molar-refractivity contribution is -0.139. The number of amides is 2. The number of hydrogen-bond acceptors (Lipinski definition) is 5. The van der Waals surface area contributed by atoms with Crippen molar-refractivity contribution in [1.29, 1.82) is 0 Å². The van der Waals surface area contributed by atoms with Gasteiger partial charge >= 0.3 is 0 Å². The van der Waals surface area contributed by atoms with Gasteiger partial charge in [0.25, 0.3) is 5.91 Å². The van der Waals surface area contributed by atoms with Crippen molar-refractivity contribution in [3.8, 4) is 0 Å². The van der Waals surface area contributed by atoms with Crippen LogP contribution < -0.4 is 0 Å². The maximum absolute atomic E-state index is 12.9. The van der Waals surface area contributed by atoms with Gasteiger partial charge in [-0.25, -0.2) is 0 Å². The summed E-state index contributed by atoms with van der Waals surface area (Å²) in [6.45, 7) is 4.47. The van der Waals surface area contributed by atoms with Crippen molar-refractivity contribution >= 4 is 11.8 Å². The SMILES string of the molecule is Cc1cnc(CN2CC3(CCCN(C(=O)c4ccnn4C)C3)CCC2=O)cn1. The van der Waals surface area contributed by atoms with Crippen molar-refractivity contribution < 1.29 is 9.59 Å². The number of nitrogens with zero attached hydrogens (tertiary/aromatic N) is 6. The topological polar surface area (TPSA) is 84.2 Å². The highest BCUT2D eigenvalue weighted by Crippen LogP contribution is 2.39. The maximum atomic E-state index is 12.9. The van der Waals surface area contributed by atoms with E-state index in [9.17, 15) is 9.59 Å². The van der Waals surface area contributed by atoms with E-state index in [0.717, 1.165) is 37.2 Å². The molecular formula is C20H26N6O2. The third-order valence-corrected chi connectivity index (χ3v) is 5.92. The second-order valence-electron chi connectivity index (χ2n) is 8.07. The van der Waals surface area contributed by atoms with Crippen molar-refractivity contribution in [2.75, 3.05) is 19.6 Å². The number of aryl methyl sites for hydroxylation is 2. The van der Waals surface area contributed by atoms with E-state index in [-0.39, 0.29) is 17.2 Å². The van der Waals surface area contributed by atoms with Gasteiger partial charge in [-0.05, 0) is 32.3 Å². The number of carbonyl (C=O) groups is 2. The van der Waals surface area contributed by atoms with Crippen molar-refractivity contribution in [2.45, 2.75) is 39.2 Å². The van der Waals surface area contributed by atoms with Gasteiger partial charge in [-0.15, -0.1) is 0 Å². The zero-order chi connectivity index (χ0) is 19.7. The zero-order valence-corrected chi connectivity index (χ0v) is 16.5. The van der Waals surface area contributed by atoms with Crippen LogP contribution in [-0.4, -0.2) is 61.0 Å². The largest absolute Gasteiger partial charge is 0.337 e. The number of piperidine rings is 2. The smallest absolute Gasteiger partial charge is 0.272 e. The van der Waals surface area contributed by atoms with Crippen LogP contribution in [0.15, 0.2) is 24.7 Å². The maximum Gasteiger partial charge on any atom is 0.272 e. The molecule has 0 aromatic carbocycles. The predicted molar refractivity (Wildman–Crippen MR) is 102 cm³/mol. The summed E-state index contributed by atoms with van der Waals surface area (Å²) in [7, 11) is 1.79. The Balaban J connectivity index is 1.48. The van der Waals surface area contributed by atoms with Crippen molar-refractivity contribution in [3.05, 3.63) is 41.7 Å². The fourth-order valence-electron chi connectivity index (χ4n) is 4.40. The van der Waals surface area contributed by atoms with E-state index >= 15 is 0 Å². The highest BCUT2D eigenvalue weighted by Gasteiger charge is 2.43. The first-order chi connectivity index (χ1) is 13.5. The van der Waals surface area contributed by atoms with Gasteiger partial charge in [0.15, 0.2) is 0 Å². The molecule has 2 fully saturated rings. The minimum atomic E-state index is -0.0431. The first-order valence-corrected chi connectivity index (χ1v) is 9.78. The van der Waals surface area contributed by atoms with E-state index in [1.165, 1.54) is 0 Å². The molecule has 2 amide bonds. The molecule has 0 bridgehead atoms. The van der Waals surface area contributed by atoms with E-state index < -0.39 is 0 Å².